The molecule has 0 radical (unpaired) electrons. The number of hydrogen-bond acceptors (Lipinski definition) is 4. The molecular formula is C12H18N2OS. The smallest absolute Gasteiger partial charge is 0.178 e. The van der Waals surface area contributed by atoms with E-state index in [1.165, 1.54) is 11.3 Å². The maximum atomic E-state index is 11.9. The third-order valence-corrected chi connectivity index (χ3v) is 4.13. The van der Waals surface area contributed by atoms with Crippen LogP contribution in [0.2, 0.25) is 0 Å². The van der Waals surface area contributed by atoms with Crippen LogP contribution in [0.25, 0.3) is 0 Å². The molecule has 1 saturated carbocycles. The van der Waals surface area contributed by atoms with Gasteiger partial charge >= 0.3 is 0 Å². The quantitative estimate of drug-likeness (QED) is 0.802. The summed E-state index contributed by atoms with van der Waals surface area (Å²) in [5, 5.41) is 1.10. The molecule has 2 rings (SSSR count). The summed E-state index contributed by atoms with van der Waals surface area (Å²) in [6, 6.07) is 1.93. The molecule has 88 valence electrons. The monoisotopic (exact) mass is 238 g/mol. The first-order valence-electron chi connectivity index (χ1n) is 5.78. The zero-order chi connectivity index (χ0) is 11.7. The first-order valence-corrected chi connectivity index (χ1v) is 6.59. The molecule has 2 N–H and O–H groups in total. The molecule has 1 aliphatic carbocycles. The fourth-order valence-corrected chi connectivity index (χ4v) is 2.83. The Morgan fingerprint density at radius 2 is 2.31 bits per heavy atom. The van der Waals surface area contributed by atoms with Crippen LogP contribution in [0.4, 0.5) is 10.7 Å². The number of nitrogens with zero attached hydrogens (tertiary/aromatic N) is 1. The maximum absolute atomic E-state index is 11.9. The largest absolute Gasteiger partial charge is 0.397 e. The van der Waals surface area contributed by atoms with Gasteiger partial charge in [0.1, 0.15) is 0 Å². The normalized spacial score (nSPS) is 15.1. The molecule has 0 unspecified atom stereocenters. The van der Waals surface area contributed by atoms with E-state index in [-0.39, 0.29) is 11.7 Å². The van der Waals surface area contributed by atoms with Crippen molar-refractivity contribution in [3.63, 3.8) is 0 Å². The van der Waals surface area contributed by atoms with E-state index in [4.69, 9.17) is 5.73 Å². The number of Topliss-reactive ketones (excluding diaryl/α,β-unsaturated/α-hetero) is 1. The molecule has 1 aromatic rings. The Hall–Kier alpha value is -1.03. The average molecular weight is 238 g/mol. The topological polar surface area (TPSA) is 46.3 Å². The first kappa shape index (κ1) is 11.5. The Morgan fingerprint density at radius 1 is 1.62 bits per heavy atom. The van der Waals surface area contributed by atoms with E-state index in [1.54, 1.807) is 0 Å². The van der Waals surface area contributed by atoms with E-state index in [2.05, 4.69) is 11.8 Å². The van der Waals surface area contributed by atoms with Crippen LogP contribution in [0, 0.1) is 5.92 Å². The highest BCUT2D eigenvalue weighted by Gasteiger charge is 2.32. The second-order valence-electron chi connectivity index (χ2n) is 4.43. The molecule has 0 aromatic carbocycles. The molecule has 0 amide bonds. The fraction of sp³-hybridized carbons (Fsp3) is 0.583. The highest BCUT2D eigenvalue weighted by atomic mass is 32.1. The van der Waals surface area contributed by atoms with Gasteiger partial charge in [-0.2, -0.15) is 0 Å². The van der Waals surface area contributed by atoms with Gasteiger partial charge in [-0.1, -0.05) is 6.92 Å². The minimum Gasteiger partial charge on any atom is -0.397 e. The summed E-state index contributed by atoms with van der Waals surface area (Å²) in [5.74, 6) is 0.504. The van der Waals surface area contributed by atoms with Crippen LogP contribution >= 0.6 is 11.3 Å². The Balaban J connectivity index is 2.17. The summed E-state index contributed by atoms with van der Waals surface area (Å²) in [4.78, 5) is 14.9. The SMILES string of the molecule is CCCN(C)c1cc(N)c(C(=O)C2CC2)s1. The molecule has 0 saturated heterocycles. The van der Waals surface area contributed by atoms with Crippen molar-refractivity contribution >= 4 is 27.8 Å². The van der Waals surface area contributed by atoms with Crippen molar-refractivity contribution in [3.8, 4) is 0 Å². The number of carbonyl (C=O) groups is 1. The predicted molar refractivity (Wildman–Crippen MR) is 69.3 cm³/mol. The van der Waals surface area contributed by atoms with Crippen molar-refractivity contribution < 1.29 is 4.79 Å². The van der Waals surface area contributed by atoms with Gasteiger partial charge in [0.05, 0.1) is 15.6 Å². The van der Waals surface area contributed by atoms with Crippen molar-refractivity contribution in [2.75, 3.05) is 24.2 Å². The van der Waals surface area contributed by atoms with Crippen molar-refractivity contribution in [3.05, 3.63) is 10.9 Å². The molecular weight excluding hydrogens is 220 g/mol. The highest BCUT2D eigenvalue weighted by molar-refractivity contribution is 7.18. The average Bonchev–Trinajstić information content (AvgIpc) is 3.01. The molecule has 0 bridgehead atoms. The van der Waals surface area contributed by atoms with Crippen LogP contribution in [-0.2, 0) is 0 Å². The fourth-order valence-electron chi connectivity index (χ4n) is 1.75. The molecule has 0 atom stereocenters. The number of hydrogen-bond donors (Lipinski definition) is 1. The second kappa shape index (κ2) is 4.45. The summed E-state index contributed by atoms with van der Waals surface area (Å²) in [6.07, 6.45) is 3.17. The number of nitrogen functional groups attached to an aromatic ring is 1. The molecule has 1 fully saturated rings. The van der Waals surface area contributed by atoms with Crippen molar-refractivity contribution in [1.82, 2.24) is 0 Å². The molecule has 1 aromatic heterocycles. The summed E-state index contributed by atoms with van der Waals surface area (Å²) >= 11 is 1.54. The Morgan fingerprint density at radius 3 is 2.88 bits per heavy atom. The van der Waals surface area contributed by atoms with E-state index < -0.39 is 0 Å². The summed E-state index contributed by atoms with van der Waals surface area (Å²) in [6.45, 7) is 3.14. The van der Waals surface area contributed by atoms with Gasteiger partial charge in [0.2, 0.25) is 0 Å². The predicted octanol–water partition coefficient (Wildman–Crippen LogP) is 2.77. The zero-order valence-electron chi connectivity index (χ0n) is 9.82. The summed E-state index contributed by atoms with van der Waals surface area (Å²) < 4.78 is 0. The van der Waals surface area contributed by atoms with Crippen molar-refractivity contribution in [2.24, 2.45) is 5.92 Å². The number of ketones is 1. The van der Waals surface area contributed by atoms with E-state index in [0.717, 1.165) is 35.7 Å². The van der Waals surface area contributed by atoms with Gasteiger partial charge in [-0.25, -0.2) is 0 Å². The summed E-state index contributed by atoms with van der Waals surface area (Å²) in [5.41, 5.74) is 6.56. The van der Waals surface area contributed by atoms with Crippen LogP contribution in [-0.4, -0.2) is 19.4 Å². The van der Waals surface area contributed by atoms with Gasteiger partial charge < -0.3 is 10.6 Å². The van der Waals surface area contributed by atoms with E-state index in [9.17, 15) is 4.79 Å². The van der Waals surface area contributed by atoms with Gasteiger partial charge in [0.25, 0.3) is 0 Å². The molecule has 1 heterocycles. The number of thiophene rings is 1. The molecule has 4 heteroatoms. The highest BCUT2D eigenvalue weighted by Crippen LogP contribution is 2.39. The van der Waals surface area contributed by atoms with Crippen LogP contribution in [0.3, 0.4) is 0 Å². The molecule has 0 spiro atoms. The van der Waals surface area contributed by atoms with Crippen LogP contribution in [0.5, 0.6) is 0 Å². The number of carbonyl (C=O) groups excluding carboxylic acids is 1. The van der Waals surface area contributed by atoms with Gasteiger partial charge in [0.15, 0.2) is 5.78 Å². The minimum atomic E-state index is 0.249. The van der Waals surface area contributed by atoms with E-state index in [1.807, 2.05) is 13.1 Å². The second-order valence-corrected chi connectivity index (χ2v) is 5.46. The van der Waals surface area contributed by atoms with Crippen molar-refractivity contribution in [2.45, 2.75) is 26.2 Å². The Labute approximate surface area is 100 Å². The Kier molecular flexibility index (Phi) is 3.19. The number of nitrogens with two attached hydrogens (primary N) is 1. The van der Waals surface area contributed by atoms with Crippen LogP contribution in [0.1, 0.15) is 35.9 Å². The standard InChI is InChI=1S/C12H18N2OS/c1-3-6-14(2)10-7-9(13)12(16-10)11(15)8-4-5-8/h7-8H,3-6,13H2,1-2H3. The van der Waals surface area contributed by atoms with E-state index in [0.29, 0.717) is 5.69 Å². The molecule has 16 heavy (non-hydrogen) atoms. The van der Waals surface area contributed by atoms with Crippen LogP contribution in [0.15, 0.2) is 6.07 Å². The Bertz CT molecular complexity index is 396. The van der Waals surface area contributed by atoms with Crippen LogP contribution < -0.4 is 10.6 Å². The summed E-state index contributed by atoms with van der Waals surface area (Å²) in [7, 11) is 2.04. The van der Waals surface area contributed by atoms with Gasteiger partial charge in [-0.15, -0.1) is 11.3 Å². The lowest BCUT2D eigenvalue weighted by Crippen LogP contribution is -2.16. The molecule has 0 aliphatic heterocycles. The first-order chi connectivity index (χ1) is 7.63. The third-order valence-electron chi connectivity index (χ3n) is 2.85. The molecule has 1 aliphatic rings. The lowest BCUT2D eigenvalue weighted by atomic mass is 10.2. The third kappa shape index (κ3) is 2.21. The minimum absolute atomic E-state index is 0.249. The zero-order valence-corrected chi connectivity index (χ0v) is 10.6. The number of anilines is 2. The lowest BCUT2D eigenvalue weighted by Gasteiger charge is -2.14. The van der Waals surface area contributed by atoms with Gasteiger partial charge in [-0.3, -0.25) is 4.79 Å². The van der Waals surface area contributed by atoms with Crippen molar-refractivity contribution in [1.29, 1.82) is 0 Å². The molecule has 3 nitrogen and oxygen atoms in total. The number of rotatable bonds is 5. The maximum Gasteiger partial charge on any atom is 0.178 e. The lowest BCUT2D eigenvalue weighted by molar-refractivity contribution is 0.0972. The van der Waals surface area contributed by atoms with Gasteiger partial charge in [-0.05, 0) is 25.3 Å². The van der Waals surface area contributed by atoms with Gasteiger partial charge in [0, 0.05) is 19.5 Å². The van der Waals surface area contributed by atoms with E-state index >= 15 is 0 Å².